The summed E-state index contributed by atoms with van der Waals surface area (Å²) in [5.41, 5.74) is 1.40. The Labute approximate surface area is 206 Å². The minimum absolute atomic E-state index is 0.0722. The highest BCUT2D eigenvalue weighted by atomic mass is 16.5. The quantitative estimate of drug-likeness (QED) is 0.583. The molecule has 1 aliphatic carbocycles. The van der Waals surface area contributed by atoms with Crippen LogP contribution in [0, 0.1) is 11.3 Å². The Balaban J connectivity index is 1.63. The standard InChI is InChI=1S/C28H32N2O5/c1-34-22-14-12-21(13-15-22)19-30-24-11-7-4-8-16-28(24,27(33)35-2)23(26(30)32)17-25(31)29-18-20-9-5-3-6-10-20/h3,5-6,9-15,23H,4,7-8,16-19H2,1-2H3,(H,29,31)/t23-,28-/m0/s1. The second-order valence-corrected chi connectivity index (χ2v) is 9.09. The largest absolute Gasteiger partial charge is 0.497 e. The molecule has 2 aromatic rings. The molecular formula is C28H32N2O5. The summed E-state index contributed by atoms with van der Waals surface area (Å²) >= 11 is 0. The van der Waals surface area contributed by atoms with Gasteiger partial charge in [-0.3, -0.25) is 14.4 Å². The maximum atomic E-state index is 13.8. The lowest BCUT2D eigenvalue weighted by Crippen LogP contribution is -2.41. The van der Waals surface area contributed by atoms with Gasteiger partial charge in [-0.25, -0.2) is 0 Å². The Bertz CT molecular complexity index is 1100. The minimum Gasteiger partial charge on any atom is -0.497 e. The number of likely N-dealkylation sites (tertiary alicyclic amines) is 1. The van der Waals surface area contributed by atoms with Crippen LogP contribution in [0.5, 0.6) is 5.75 Å². The first-order valence-corrected chi connectivity index (χ1v) is 12.0. The molecule has 2 amide bonds. The number of hydrogen-bond donors (Lipinski definition) is 1. The molecule has 1 saturated heterocycles. The molecule has 1 aliphatic heterocycles. The van der Waals surface area contributed by atoms with Gasteiger partial charge in [-0.1, -0.05) is 55.0 Å². The Morgan fingerprint density at radius 1 is 1.03 bits per heavy atom. The van der Waals surface area contributed by atoms with Crippen LogP contribution in [0.2, 0.25) is 0 Å². The average molecular weight is 477 g/mol. The Morgan fingerprint density at radius 2 is 1.77 bits per heavy atom. The van der Waals surface area contributed by atoms with Crippen molar-refractivity contribution in [2.45, 2.75) is 45.2 Å². The Kier molecular flexibility index (Phi) is 7.54. The van der Waals surface area contributed by atoms with E-state index >= 15 is 0 Å². The van der Waals surface area contributed by atoms with Gasteiger partial charge in [-0.2, -0.15) is 0 Å². The first-order valence-electron chi connectivity index (χ1n) is 12.0. The Hall–Kier alpha value is -3.61. The van der Waals surface area contributed by atoms with E-state index in [1.807, 2.05) is 60.7 Å². The third-order valence-electron chi connectivity index (χ3n) is 7.04. The predicted octanol–water partition coefficient (Wildman–Crippen LogP) is 3.98. The molecule has 7 heteroatoms. The normalized spacial score (nSPS) is 21.5. The highest BCUT2D eigenvalue weighted by molar-refractivity contribution is 5.98. The summed E-state index contributed by atoms with van der Waals surface area (Å²) in [6, 6.07) is 17.1. The fraction of sp³-hybridized carbons (Fsp3) is 0.393. The lowest BCUT2D eigenvalue weighted by molar-refractivity contribution is -0.155. The summed E-state index contributed by atoms with van der Waals surface area (Å²) in [4.78, 5) is 41.8. The Morgan fingerprint density at radius 3 is 2.46 bits per heavy atom. The zero-order valence-corrected chi connectivity index (χ0v) is 20.3. The van der Waals surface area contributed by atoms with Gasteiger partial charge in [-0.05, 0) is 42.5 Å². The zero-order valence-electron chi connectivity index (χ0n) is 20.3. The third-order valence-corrected chi connectivity index (χ3v) is 7.04. The van der Waals surface area contributed by atoms with Gasteiger partial charge < -0.3 is 19.7 Å². The number of benzene rings is 2. The molecule has 1 fully saturated rings. The number of carbonyl (C=O) groups excluding carboxylic acids is 3. The van der Waals surface area contributed by atoms with E-state index in [9.17, 15) is 14.4 Å². The number of esters is 1. The lowest BCUT2D eigenvalue weighted by atomic mass is 9.71. The number of methoxy groups -OCH3 is 2. The molecule has 0 saturated carbocycles. The number of fused-ring (bicyclic) bond motifs is 1. The lowest BCUT2D eigenvalue weighted by Gasteiger charge is -2.31. The summed E-state index contributed by atoms with van der Waals surface area (Å²) < 4.78 is 10.5. The molecule has 1 N–H and O–H groups in total. The predicted molar refractivity (Wildman–Crippen MR) is 131 cm³/mol. The fourth-order valence-corrected chi connectivity index (χ4v) is 5.24. The minimum atomic E-state index is -1.15. The van der Waals surface area contributed by atoms with Crippen LogP contribution >= 0.6 is 0 Å². The number of hydrogen-bond acceptors (Lipinski definition) is 5. The van der Waals surface area contributed by atoms with Gasteiger partial charge in [0.25, 0.3) is 0 Å². The molecule has 0 aromatic heterocycles. The van der Waals surface area contributed by atoms with E-state index in [1.54, 1.807) is 12.0 Å². The maximum absolute atomic E-state index is 13.8. The van der Waals surface area contributed by atoms with Crippen molar-refractivity contribution in [1.29, 1.82) is 0 Å². The number of amides is 2. The molecule has 1 heterocycles. The van der Waals surface area contributed by atoms with Crippen molar-refractivity contribution >= 4 is 17.8 Å². The van der Waals surface area contributed by atoms with Gasteiger partial charge in [0.2, 0.25) is 11.8 Å². The molecule has 184 valence electrons. The van der Waals surface area contributed by atoms with Crippen LogP contribution in [-0.4, -0.2) is 36.9 Å². The molecule has 0 radical (unpaired) electrons. The van der Waals surface area contributed by atoms with Gasteiger partial charge in [0.1, 0.15) is 11.2 Å². The first kappa shape index (κ1) is 24.5. The second kappa shape index (κ2) is 10.8. The van der Waals surface area contributed by atoms with Crippen molar-refractivity contribution in [1.82, 2.24) is 10.2 Å². The summed E-state index contributed by atoms with van der Waals surface area (Å²) in [6.07, 6.45) is 4.87. The monoisotopic (exact) mass is 476 g/mol. The van der Waals surface area contributed by atoms with E-state index in [1.165, 1.54) is 7.11 Å². The number of ether oxygens (including phenoxy) is 2. The van der Waals surface area contributed by atoms with Gasteiger partial charge in [0.15, 0.2) is 0 Å². The summed E-state index contributed by atoms with van der Waals surface area (Å²) in [5, 5.41) is 2.91. The van der Waals surface area contributed by atoms with Crippen LogP contribution < -0.4 is 10.1 Å². The number of nitrogens with one attached hydrogen (secondary N) is 1. The van der Waals surface area contributed by atoms with Gasteiger partial charge in [-0.15, -0.1) is 0 Å². The van der Waals surface area contributed by atoms with Crippen molar-refractivity contribution in [3.8, 4) is 5.75 Å². The van der Waals surface area contributed by atoms with Crippen molar-refractivity contribution in [3.05, 3.63) is 77.5 Å². The van der Waals surface area contributed by atoms with Crippen molar-refractivity contribution in [2.75, 3.05) is 14.2 Å². The average Bonchev–Trinajstić information content (AvgIpc) is 3.02. The summed E-state index contributed by atoms with van der Waals surface area (Å²) in [5.74, 6) is -1.00. The van der Waals surface area contributed by atoms with E-state index < -0.39 is 17.3 Å². The molecule has 0 spiro atoms. The summed E-state index contributed by atoms with van der Waals surface area (Å²) in [6.45, 7) is 0.680. The van der Waals surface area contributed by atoms with Crippen LogP contribution in [0.15, 0.2) is 66.4 Å². The van der Waals surface area contributed by atoms with Crippen molar-refractivity contribution < 1.29 is 23.9 Å². The highest BCUT2D eigenvalue weighted by Crippen LogP contribution is 2.53. The number of allylic oxidation sites excluding steroid dienone is 1. The molecule has 0 bridgehead atoms. The SMILES string of the molecule is COC(=O)[C@]12CCCCC=C1N(Cc1ccc(OC)cc1)C(=O)[C@@H]2CC(=O)NCc1ccccc1. The van der Waals surface area contributed by atoms with Crippen LogP contribution in [0.25, 0.3) is 0 Å². The van der Waals surface area contributed by atoms with Gasteiger partial charge in [0, 0.05) is 18.7 Å². The molecule has 35 heavy (non-hydrogen) atoms. The van der Waals surface area contributed by atoms with Crippen LogP contribution in [0.3, 0.4) is 0 Å². The van der Waals surface area contributed by atoms with E-state index in [4.69, 9.17) is 9.47 Å². The molecule has 4 rings (SSSR count). The molecule has 2 aliphatic rings. The number of carbonyl (C=O) groups is 3. The highest BCUT2D eigenvalue weighted by Gasteiger charge is 2.61. The molecule has 2 aromatic carbocycles. The van der Waals surface area contributed by atoms with Crippen LogP contribution in [-0.2, 0) is 32.2 Å². The molecule has 2 atom stereocenters. The second-order valence-electron chi connectivity index (χ2n) is 9.09. The molecule has 7 nitrogen and oxygen atoms in total. The van der Waals surface area contributed by atoms with Gasteiger partial charge in [0.05, 0.1) is 26.7 Å². The topological polar surface area (TPSA) is 84.9 Å². The number of rotatable bonds is 8. The van der Waals surface area contributed by atoms with Crippen LogP contribution in [0.1, 0.15) is 43.2 Å². The van der Waals surface area contributed by atoms with E-state index in [2.05, 4.69) is 5.32 Å². The summed E-state index contributed by atoms with van der Waals surface area (Å²) in [7, 11) is 2.95. The third kappa shape index (κ3) is 4.94. The van der Waals surface area contributed by atoms with E-state index in [-0.39, 0.29) is 18.2 Å². The van der Waals surface area contributed by atoms with Crippen molar-refractivity contribution in [3.63, 3.8) is 0 Å². The smallest absolute Gasteiger partial charge is 0.318 e. The molecule has 0 unspecified atom stereocenters. The van der Waals surface area contributed by atoms with Gasteiger partial charge >= 0.3 is 5.97 Å². The number of nitrogens with zero attached hydrogens (tertiary/aromatic N) is 1. The first-order chi connectivity index (χ1) is 17.0. The maximum Gasteiger partial charge on any atom is 0.318 e. The van der Waals surface area contributed by atoms with Crippen LogP contribution in [0.4, 0.5) is 0 Å². The van der Waals surface area contributed by atoms with E-state index in [0.717, 1.165) is 36.1 Å². The zero-order chi connectivity index (χ0) is 24.8. The van der Waals surface area contributed by atoms with Crippen molar-refractivity contribution in [2.24, 2.45) is 11.3 Å². The fourth-order valence-electron chi connectivity index (χ4n) is 5.24. The molecular weight excluding hydrogens is 444 g/mol. The van der Waals surface area contributed by atoms with E-state index in [0.29, 0.717) is 25.2 Å².